The molecule has 1 saturated heterocycles. The molecule has 2 aromatic heterocycles. The number of thiazole rings is 1. The summed E-state index contributed by atoms with van der Waals surface area (Å²) in [6, 6.07) is 1.90. The van der Waals surface area contributed by atoms with Gasteiger partial charge in [-0.2, -0.15) is 0 Å². The van der Waals surface area contributed by atoms with Crippen molar-refractivity contribution in [1.29, 1.82) is 0 Å². The molecule has 1 aliphatic rings. The Morgan fingerprint density at radius 3 is 2.75 bits per heavy atom. The number of aromatic nitrogens is 2. The van der Waals surface area contributed by atoms with Crippen molar-refractivity contribution in [2.45, 2.75) is 26.8 Å². The molecule has 0 spiro atoms. The van der Waals surface area contributed by atoms with Gasteiger partial charge in [0.25, 0.3) is 0 Å². The van der Waals surface area contributed by atoms with E-state index < -0.39 is 0 Å². The van der Waals surface area contributed by atoms with Crippen molar-refractivity contribution in [1.82, 2.24) is 25.3 Å². The summed E-state index contributed by atoms with van der Waals surface area (Å²) in [5, 5.41) is 8.03. The monoisotopic (exact) mass is 349 g/mol. The minimum atomic E-state index is 0.0231. The van der Waals surface area contributed by atoms with Gasteiger partial charge in [0.15, 0.2) is 0 Å². The Labute approximate surface area is 145 Å². The second kappa shape index (κ2) is 7.76. The summed E-state index contributed by atoms with van der Waals surface area (Å²) >= 11 is 1.71. The maximum atomic E-state index is 12.3. The summed E-state index contributed by atoms with van der Waals surface area (Å²) in [5.74, 6) is 0. The van der Waals surface area contributed by atoms with E-state index in [-0.39, 0.29) is 6.03 Å². The molecule has 130 valence electrons. The van der Waals surface area contributed by atoms with Crippen LogP contribution in [-0.4, -0.2) is 58.7 Å². The number of nitrogens with one attached hydrogen (secondary N) is 1. The van der Waals surface area contributed by atoms with E-state index in [1.165, 1.54) is 4.88 Å². The molecule has 1 N–H and O–H groups in total. The third-order valence-corrected chi connectivity index (χ3v) is 5.30. The molecule has 24 heavy (non-hydrogen) atoms. The summed E-state index contributed by atoms with van der Waals surface area (Å²) in [5.41, 5.74) is 2.01. The van der Waals surface area contributed by atoms with Crippen LogP contribution in [0.3, 0.4) is 0 Å². The first-order chi connectivity index (χ1) is 11.6. The van der Waals surface area contributed by atoms with E-state index in [1.807, 2.05) is 24.8 Å². The number of aryl methyl sites for hydroxylation is 2. The lowest BCUT2D eigenvalue weighted by Gasteiger charge is -2.34. The zero-order chi connectivity index (χ0) is 16.9. The van der Waals surface area contributed by atoms with Crippen LogP contribution in [0.2, 0.25) is 0 Å². The number of hydrogen-bond donors (Lipinski definition) is 1. The van der Waals surface area contributed by atoms with Gasteiger partial charge >= 0.3 is 6.03 Å². The maximum Gasteiger partial charge on any atom is 0.317 e. The van der Waals surface area contributed by atoms with Crippen LogP contribution in [0, 0.1) is 13.8 Å². The Hall–Kier alpha value is -1.93. The van der Waals surface area contributed by atoms with Gasteiger partial charge in [-0.1, -0.05) is 5.16 Å². The fourth-order valence-electron chi connectivity index (χ4n) is 2.86. The van der Waals surface area contributed by atoms with Crippen LogP contribution in [0.4, 0.5) is 4.79 Å². The topological polar surface area (TPSA) is 74.5 Å². The van der Waals surface area contributed by atoms with Gasteiger partial charge in [-0.05, 0) is 13.8 Å². The summed E-state index contributed by atoms with van der Waals surface area (Å²) < 4.78 is 4.85. The van der Waals surface area contributed by atoms with Crippen LogP contribution < -0.4 is 5.32 Å². The SMILES string of the molecule is Cc1nc(C)c(CCNC(=O)N2CCN(Cc3ccon3)CC2)s1. The molecule has 3 heterocycles. The van der Waals surface area contributed by atoms with Crippen LogP contribution in [0.25, 0.3) is 0 Å². The minimum absolute atomic E-state index is 0.0231. The molecule has 0 atom stereocenters. The van der Waals surface area contributed by atoms with Gasteiger partial charge in [-0.15, -0.1) is 11.3 Å². The van der Waals surface area contributed by atoms with Gasteiger partial charge in [0, 0.05) is 56.6 Å². The largest absolute Gasteiger partial charge is 0.364 e. The number of urea groups is 1. The van der Waals surface area contributed by atoms with E-state index >= 15 is 0 Å². The van der Waals surface area contributed by atoms with Crippen molar-refractivity contribution in [2.75, 3.05) is 32.7 Å². The Morgan fingerprint density at radius 1 is 1.33 bits per heavy atom. The smallest absolute Gasteiger partial charge is 0.317 e. The van der Waals surface area contributed by atoms with Crippen LogP contribution >= 0.6 is 11.3 Å². The first-order valence-electron chi connectivity index (χ1n) is 8.19. The summed E-state index contributed by atoms with van der Waals surface area (Å²) in [4.78, 5) is 22.1. The van der Waals surface area contributed by atoms with Crippen molar-refractivity contribution in [2.24, 2.45) is 0 Å². The lowest BCUT2D eigenvalue weighted by molar-refractivity contribution is 0.133. The van der Waals surface area contributed by atoms with Gasteiger partial charge in [-0.25, -0.2) is 9.78 Å². The normalized spacial score (nSPS) is 15.7. The lowest BCUT2D eigenvalue weighted by atomic mass is 10.3. The zero-order valence-electron chi connectivity index (χ0n) is 14.1. The van der Waals surface area contributed by atoms with Crippen molar-refractivity contribution in [3.05, 3.63) is 33.6 Å². The molecule has 0 bridgehead atoms. The fourth-order valence-corrected chi connectivity index (χ4v) is 3.79. The van der Waals surface area contributed by atoms with E-state index in [4.69, 9.17) is 4.52 Å². The van der Waals surface area contributed by atoms with E-state index in [0.717, 1.165) is 55.5 Å². The van der Waals surface area contributed by atoms with E-state index in [9.17, 15) is 4.79 Å². The van der Waals surface area contributed by atoms with Crippen LogP contribution in [0.15, 0.2) is 16.9 Å². The molecule has 1 fully saturated rings. The predicted molar refractivity (Wildman–Crippen MR) is 92.0 cm³/mol. The van der Waals surface area contributed by atoms with Gasteiger partial charge < -0.3 is 14.7 Å². The molecule has 0 radical (unpaired) electrons. The van der Waals surface area contributed by atoms with Crippen LogP contribution in [0.5, 0.6) is 0 Å². The fraction of sp³-hybridized carbons (Fsp3) is 0.562. The van der Waals surface area contributed by atoms with E-state index in [2.05, 4.69) is 20.4 Å². The van der Waals surface area contributed by atoms with E-state index in [1.54, 1.807) is 17.6 Å². The zero-order valence-corrected chi connectivity index (χ0v) is 14.9. The lowest BCUT2D eigenvalue weighted by Crippen LogP contribution is -2.51. The van der Waals surface area contributed by atoms with Crippen LogP contribution in [0.1, 0.15) is 21.3 Å². The Morgan fingerprint density at radius 2 is 2.12 bits per heavy atom. The summed E-state index contributed by atoms with van der Waals surface area (Å²) in [6.07, 6.45) is 2.43. The van der Waals surface area contributed by atoms with E-state index in [0.29, 0.717) is 6.54 Å². The molecule has 7 nitrogen and oxygen atoms in total. The molecule has 0 unspecified atom stereocenters. The Bertz CT molecular complexity index is 662. The van der Waals surface area contributed by atoms with Crippen molar-refractivity contribution < 1.29 is 9.32 Å². The standard InChI is InChI=1S/C16H23N5O2S/c1-12-15(24-13(2)18-12)3-5-17-16(22)21-8-6-20(7-9-21)11-14-4-10-23-19-14/h4,10H,3,5-9,11H2,1-2H3,(H,17,22). The van der Waals surface area contributed by atoms with Gasteiger partial charge in [0.05, 0.1) is 16.4 Å². The quantitative estimate of drug-likeness (QED) is 0.891. The van der Waals surface area contributed by atoms with Gasteiger partial charge in [-0.3, -0.25) is 4.90 Å². The highest BCUT2D eigenvalue weighted by atomic mass is 32.1. The highest BCUT2D eigenvalue weighted by molar-refractivity contribution is 7.11. The Balaban J connectivity index is 1.38. The average molecular weight is 349 g/mol. The molecular weight excluding hydrogens is 326 g/mol. The van der Waals surface area contributed by atoms with Crippen molar-refractivity contribution >= 4 is 17.4 Å². The minimum Gasteiger partial charge on any atom is -0.364 e. The number of carbonyl (C=O) groups is 1. The second-order valence-electron chi connectivity index (χ2n) is 5.98. The highest BCUT2D eigenvalue weighted by Gasteiger charge is 2.21. The van der Waals surface area contributed by atoms with Gasteiger partial charge in [0.1, 0.15) is 6.26 Å². The second-order valence-corrected chi connectivity index (χ2v) is 7.27. The molecular formula is C16H23N5O2S. The third-order valence-electron chi connectivity index (χ3n) is 4.16. The maximum absolute atomic E-state index is 12.3. The molecule has 0 aliphatic carbocycles. The average Bonchev–Trinajstić information content (AvgIpc) is 3.18. The number of nitrogens with zero attached hydrogens (tertiary/aromatic N) is 4. The summed E-state index contributed by atoms with van der Waals surface area (Å²) in [6.45, 7) is 8.65. The number of amides is 2. The highest BCUT2D eigenvalue weighted by Crippen LogP contribution is 2.17. The first kappa shape index (κ1) is 16.9. The summed E-state index contributed by atoms with van der Waals surface area (Å²) in [7, 11) is 0. The number of carbonyl (C=O) groups excluding carboxylic acids is 1. The van der Waals surface area contributed by atoms with Gasteiger partial charge in [0.2, 0.25) is 0 Å². The molecule has 2 aromatic rings. The number of hydrogen-bond acceptors (Lipinski definition) is 6. The van der Waals surface area contributed by atoms with Crippen molar-refractivity contribution in [3.63, 3.8) is 0 Å². The third kappa shape index (κ3) is 4.33. The molecule has 3 rings (SSSR count). The molecule has 1 aliphatic heterocycles. The molecule has 2 amide bonds. The number of rotatable bonds is 5. The predicted octanol–water partition coefficient (Wildman–Crippen LogP) is 1.82. The first-order valence-corrected chi connectivity index (χ1v) is 9.01. The molecule has 0 aromatic carbocycles. The Kier molecular flexibility index (Phi) is 5.47. The van der Waals surface area contributed by atoms with Crippen molar-refractivity contribution in [3.8, 4) is 0 Å². The number of piperazine rings is 1. The molecule has 0 saturated carbocycles. The van der Waals surface area contributed by atoms with Crippen LogP contribution in [-0.2, 0) is 13.0 Å². The molecule has 8 heteroatoms.